The fraction of sp³-hybridized carbons (Fsp3) is 0.588. The Bertz CT molecular complexity index is 579. The molecule has 0 saturated carbocycles. The van der Waals surface area contributed by atoms with Gasteiger partial charge in [-0.3, -0.25) is 4.79 Å². The largest absolute Gasteiger partial charge is 0.497 e. The van der Waals surface area contributed by atoms with Crippen molar-refractivity contribution in [3.63, 3.8) is 0 Å². The number of benzene rings is 1. The van der Waals surface area contributed by atoms with E-state index in [1.807, 2.05) is 24.3 Å². The molecule has 2 rings (SSSR count). The molecule has 1 aromatic rings. The number of hydrogen-bond acceptors (Lipinski definition) is 3. The molecular formula is C17H22F3NO3. The lowest BCUT2D eigenvalue weighted by Gasteiger charge is -2.36. The van der Waals surface area contributed by atoms with Gasteiger partial charge in [-0.1, -0.05) is 12.1 Å². The Hall–Kier alpha value is -1.76. The Balaban J connectivity index is 1.92. The van der Waals surface area contributed by atoms with Crippen LogP contribution in [0.1, 0.15) is 25.3 Å². The van der Waals surface area contributed by atoms with Crippen molar-refractivity contribution in [2.24, 2.45) is 5.92 Å². The minimum atomic E-state index is -4.97. The third-order valence-electron chi connectivity index (χ3n) is 4.53. The molecule has 1 aliphatic rings. The Kier molecular flexibility index (Phi) is 5.42. The lowest BCUT2D eigenvalue weighted by atomic mass is 9.89. The minimum Gasteiger partial charge on any atom is -0.497 e. The molecule has 1 aliphatic heterocycles. The van der Waals surface area contributed by atoms with Crippen molar-refractivity contribution < 1.29 is 27.8 Å². The van der Waals surface area contributed by atoms with Gasteiger partial charge in [0.25, 0.3) is 5.91 Å². The van der Waals surface area contributed by atoms with Crippen molar-refractivity contribution in [2.45, 2.75) is 38.0 Å². The van der Waals surface area contributed by atoms with Gasteiger partial charge in [-0.2, -0.15) is 13.2 Å². The zero-order chi connectivity index (χ0) is 18.0. The topological polar surface area (TPSA) is 49.8 Å². The van der Waals surface area contributed by atoms with E-state index in [0.717, 1.165) is 22.6 Å². The number of carbonyl (C=O) groups excluding carboxylic acids is 1. The third-order valence-corrected chi connectivity index (χ3v) is 4.53. The first-order valence-electron chi connectivity index (χ1n) is 7.86. The van der Waals surface area contributed by atoms with Gasteiger partial charge in [-0.25, -0.2) is 0 Å². The Morgan fingerprint density at radius 3 is 2.50 bits per heavy atom. The molecular weight excluding hydrogens is 323 g/mol. The lowest BCUT2D eigenvalue weighted by molar-refractivity contribution is -0.250. The molecule has 7 heteroatoms. The summed E-state index contributed by atoms with van der Waals surface area (Å²) < 4.78 is 43.5. The zero-order valence-corrected chi connectivity index (χ0v) is 13.8. The van der Waals surface area contributed by atoms with Gasteiger partial charge in [-0.05, 0) is 49.8 Å². The predicted octanol–water partition coefficient (Wildman–Crippen LogP) is 2.79. The Morgan fingerprint density at radius 1 is 1.33 bits per heavy atom. The number of nitrogens with zero attached hydrogens (tertiary/aromatic N) is 1. The van der Waals surface area contributed by atoms with Gasteiger partial charge in [0.2, 0.25) is 5.60 Å². The van der Waals surface area contributed by atoms with Gasteiger partial charge >= 0.3 is 6.18 Å². The summed E-state index contributed by atoms with van der Waals surface area (Å²) in [5.41, 5.74) is -2.23. The highest BCUT2D eigenvalue weighted by atomic mass is 19.4. The van der Waals surface area contributed by atoms with Crippen LogP contribution in [-0.2, 0) is 11.2 Å². The van der Waals surface area contributed by atoms with Crippen LogP contribution in [0.5, 0.6) is 5.75 Å². The average molecular weight is 345 g/mol. The van der Waals surface area contributed by atoms with Crippen LogP contribution in [0.25, 0.3) is 0 Å². The van der Waals surface area contributed by atoms with E-state index in [-0.39, 0.29) is 19.0 Å². The molecule has 1 heterocycles. The highest BCUT2D eigenvalue weighted by Gasteiger charge is 2.57. The highest BCUT2D eigenvalue weighted by Crippen LogP contribution is 2.33. The summed E-state index contributed by atoms with van der Waals surface area (Å²) in [4.78, 5) is 13.1. The fourth-order valence-electron chi connectivity index (χ4n) is 2.90. The molecule has 0 spiro atoms. The number of piperidine rings is 1. The number of amides is 1. The lowest BCUT2D eigenvalue weighted by Crippen LogP contribution is -2.57. The Morgan fingerprint density at radius 2 is 1.96 bits per heavy atom. The molecule has 24 heavy (non-hydrogen) atoms. The highest BCUT2D eigenvalue weighted by molar-refractivity contribution is 5.85. The second-order valence-corrected chi connectivity index (χ2v) is 6.36. The summed E-state index contributed by atoms with van der Waals surface area (Å²) >= 11 is 0. The fourth-order valence-corrected chi connectivity index (χ4v) is 2.90. The monoisotopic (exact) mass is 345 g/mol. The summed E-state index contributed by atoms with van der Waals surface area (Å²) in [6, 6.07) is 7.66. The van der Waals surface area contributed by atoms with E-state index in [9.17, 15) is 23.1 Å². The molecule has 1 atom stereocenters. The maximum atomic E-state index is 12.8. The normalized spacial score (nSPS) is 19.0. The average Bonchev–Trinajstić information content (AvgIpc) is 2.54. The van der Waals surface area contributed by atoms with Gasteiger partial charge in [0.05, 0.1) is 7.11 Å². The molecule has 1 saturated heterocycles. The minimum absolute atomic E-state index is 0.222. The smallest absolute Gasteiger partial charge is 0.426 e. The standard InChI is InChI=1S/C17H22F3NO3/c1-16(23,17(18,19)20)15(22)21-8-6-12(7-9-21)10-13-4-3-5-14(11-13)24-2/h3-5,11-12,23H,6-10H2,1-2H3. The molecule has 1 N–H and O–H groups in total. The number of carbonyl (C=O) groups is 1. The van der Waals surface area contributed by atoms with Gasteiger partial charge < -0.3 is 14.7 Å². The summed E-state index contributed by atoms with van der Waals surface area (Å²) in [5.74, 6) is -0.215. The van der Waals surface area contributed by atoms with Gasteiger partial charge in [-0.15, -0.1) is 0 Å². The first-order valence-corrected chi connectivity index (χ1v) is 7.86. The van der Waals surface area contributed by atoms with E-state index in [4.69, 9.17) is 4.74 Å². The van der Waals surface area contributed by atoms with Crippen LogP contribution in [-0.4, -0.2) is 47.9 Å². The number of halogens is 3. The Labute approximate surface area is 139 Å². The summed E-state index contributed by atoms with van der Waals surface area (Å²) in [6.45, 7) is 0.955. The van der Waals surface area contributed by atoms with Crippen LogP contribution >= 0.6 is 0 Å². The van der Waals surface area contributed by atoms with E-state index >= 15 is 0 Å². The third kappa shape index (κ3) is 4.01. The van der Waals surface area contributed by atoms with Crippen LogP contribution < -0.4 is 4.74 Å². The second kappa shape index (κ2) is 7.01. The van der Waals surface area contributed by atoms with Gasteiger partial charge in [0.15, 0.2) is 0 Å². The van der Waals surface area contributed by atoms with E-state index in [2.05, 4.69) is 0 Å². The van der Waals surface area contributed by atoms with Crippen LogP contribution in [0.15, 0.2) is 24.3 Å². The number of aliphatic hydroxyl groups is 1. The SMILES string of the molecule is COc1cccc(CC2CCN(C(=O)C(C)(O)C(F)(F)F)CC2)c1. The molecule has 1 fully saturated rings. The van der Waals surface area contributed by atoms with Crippen molar-refractivity contribution in [3.8, 4) is 5.75 Å². The predicted molar refractivity (Wildman–Crippen MR) is 82.7 cm³/mol. The van der Waals surface area contributed by atoms with Crippen molar-refractivity contribution in [2.75, 3.05) is 20.2 Å². The van der Waals surface area contributed by atoms with E-state index in [0.29, 0.717) is 19.8 Å². The van der Waals surface area contributed by atoms with Crippen molar-refractivity contribution in [3.05, 3.63) is 29.8 Å². The summed E-state index contributed by atoms with van der Waals surface area (Å²) in [6.07, 6.45) is -2.97. The molecule has 134 valence electrons. The van der Waals surface area contributed by atoms with Gasteiger partial charge in [0, 0.05) is 13.1 Å². The molecule has 1 amide bonds. The number of methoxy groups -OCH3 is 1. The number of hydrogen-bond donors (Lipinski definition) is 1. The van der Waals surface area contributed by atoms with Crippen molar-refractivity contribution in [1.29, 1.82) is 0 Å². The van der Waals surface area contributed by atoms with Crippen LogP contribution in [0.2, 0.25) is 0 Å². The van der Waals surface area contributed by atoms with Crippen LogP contribution in [0.3, 0.4) is 0 Å². The molecule has 4 nitrogen and oxygen atoms in total. The van der Waals surface area contributed by atoms with Crippen LogP contribution in [0, 0.1) is 5.92 Å². The van der Waals surface area contributed by atoms with Crippen LogP contribution in [0.4, 0.5) is 13.2 Å². The quantitative estimate of drug-likeness (QED) is 0.913. The first-order chi connectivity index (χ1) is 11.1. The molecule has 1 unspecified atom stereocenters. The van der Waals surface area contributed by atoms with Gasteiger partial charge in [0.1, 0.15) is 5.75 Å². The maximum Gasteiger partial charge on any atom is 0.426 e. The van der Waals surface area contributed by atoms with Crippen molar-refractivity contribution in [1.82, 2.24) is 4.90 Å². The van der Waals surface area contributed by atoms with Crippen molar-refractivity contribution >= 4 is 5.91 Å². The first kappa shape index (κ1) is 18.6. The molecule has 0 aromatic heterocycles. The number of alkyl halides is 3. The molecule has 0 aliphatic carbocycles. The molecule has 0 radical (unpaired) electrons. The second-order valence-electron chi connectivity index (χ2n) is 6.36. The van der Waals surface area contributed by atoms with E-state index < -0.39 is 17.7 Å². The molecule has 1 aromatic carbocycles. The summed E-state index contributed by atoms with van der Waals surface area (Å²) in [7, 11) is 1.59. The zero-order valence-electron chi connectivity index (χ0n) is 13.8. The van der Waals surface area contributed by atoms with E-state index in [1.165, 1.54) is 0 Å². The van der Waals surface area contributed by atoms with E-state index in [1.54, 1.807) is 7.11 Å². The maximum absolute atomic E-state index is 12.8. The number of likely N-dealkylation sites (tertiary alicyclic amines) is 1. The molecule has 0 bridgehead atoms. The number of ether oxygens (including phenoxy) is 1. The number of rotatable bonds is 4. The summed E-state index contributed by atoms with van der Waals surface area (Å²) in [5, 5.41) is 9.50.